The van der Waals surface area contributed by atoms with Gasteiger partial charge in [0.2, 0.25) is 0 Å². The van der Waals surface area contributed by atoms with Crippen molar-refractivity contribution in [3.05, 3.63) is 42.8 Å². The molecule has 1 radical (unpaired) electrons. The standard InChI is InChI=1S/C12H14FO/c1-2-3-9-11(13)12(14)10-7-5-4-6-8-10/h4-8,11H,1-3,9H2. The van der Waals surface area contributed by atoms with Gasteiger partial charge in [0.05, 0.1) is 0 Å². The van der Waals surface area contributed by atoms with Crippen molar-refractivity contribution in [1.82, 2.24) is 0 Å². The molecular weight excluding hydrogens is 179 g/mol. The van der Waals surface area contributed by atoms with E-state index in [2.05, 4.69) is 6.92 Å². The molecule has 0 aromatic heterocycles. The van der Waals surface area contributed by atoms with Gasteiger partial charge in [0, 0.05) is 5.56 Å². The van der Waals surface area contributed by atoms with Crippen LogP contribution in [0.15, 0.2) is 30.3 Å². The van der Waals surface area contributed by atoms with Crippen molar-refractivity contribution in [1.29, 1.82) is 0 Å². The van der Waals surface area contributed by atoms with Crippen LogP contribution < -0.4 is 0 Å². The number of hydrogen-bond donors (Lipinski definition) is 0. The van der Waals surface area contributed by atoms with Crippen molar-refractivity contribution >= 4 is 5.78 Å². The topological polar surface area (TPSA) is 17.1 Å². The average Bonchev–Trinajstić information content (AvgIpc) is 2.26. The number of halogens is 1. The Labute approximate surface area is 83.9 Å². The van der Waals surface area contributed by atoms with Crippen molar-refractivity contribution < 1.29 is 9.18 Å². The summed E-state index contributed by atoms with van der Waals surface area (Å²) >= 11 is 0. The molecule has 1 nitrogen and oxygen atoms in total. The second-order valence-electron chi connectivity index (χ2n) is 3.19. The minimum Gasteiger partial charge on any atom is -0.291 e. The molecule has 0 saturated carbocycles. The first-order valence-electron chi connectivity index (χ1n) is 4.78. The molecule has 1 aromatic carbocycles. The predicted octanol–water partition coefficient (Wildman–Crippen LogP) is 3.21. The van der Waals surface area contributed by atoms with E-state index in [1.165, 1.54) is 0 Å². The van der Waals surface area contributed by atoms with Crippen LogP contribution in [0.1, 0.15) is 29.6 Å². The van der Waals surface area contributed by atoms with Crippen LogP contribution in [0.3, 0.4) is 0 Å². The third-order valence-electron chi connectivity index (χ3n) is 2.05. The lowest BCUT2D eigenvalue weighted by atomic mass is 10.0. The highest BCUT2D eigenvalue weighted by atomic mass is 19.1. The summed E-state index contributed by atoms with van der Waals surface area (Å²) in [4.78, 5) is 11.5. The molecule has 0 N–H and O–H groups in total. The molecule has 1 atom stereocenters. The lowest BCUT2D eigenvalue weighted by Gasteiger charge is -2.05. The summed E-state index contributed by atoms with van der Waals surface area (Å²) in [6.45, 7) is 3.61. The Balaban J connectivity index is 2.57. The maximum Gasteiger partial charge on any atom is 0.196 e. The van der Waals surface area contributed by atoms with Gasteiger partial charge in [-0.05, 0) is 6.42 Å². The Morgan fingerprint density at radius 1 is 1.36 bits per heavy atom. The number of carbonyl (C=O) groups excluding carboxylic acids is 1. The van der Waals surface area contributed by atoms with Gasteiger partial charge in [-0.2, -0.15) is 0 Å². The quantitative estimate of drug-likeness (QED) is 0.656. The van der Waals surface area contributed by atoms with Gasteiger partial charge in [-0.25, -0.2) is 4.39 Å². The largest absolute Gasteiger partial charge is 0.291 e. The SMILES string of the molecule is [CH2]CCCC(F)C(=O)c1ccccc1. The fourth-order valence-electron chi connectivity index (χ4n) is 1.24. The summed E-state index contributed by atoms with van der Waals surface area (Å²) in [5.74, 6) is -0.418. The minimum atomic E-state index is -1.38. The summed E-state index contributed by atoms with van der Waals surface area (Å²) in [6.07, 6.45) is 0.221. The van der Waals surface area contributed by atoms with Crippen LogP contribution in [0.4, 0.5) is 4.39 Å². The third kappa shape index (κ3) is 2.95. The second-order valence-corrected chi connectivity index (χ2v) is 3.19. The highest BCUT2D eigenvalue weighted by molar-refractivity contribution is 5.99. The van der Waals surface area contributed by atoms with Gasteiger partial charge in [0.15, 0.2) is 12.0 Å². The van der Waals surface area contributed by atoms with E-state index in [1.54, 1.807) is 30.3 Å². The molecule has 14 heavy (non-hydrogen) atoms. The Bertz CT molecular complexity index is 282. The molecule has 0 aliphatic rings. The minimum absolute atomic E-state index is 0.275. The third-order valence-corrected chi connectivity index (χ3v) is 2.05. The van der Waals surface area contributed by atoms with E-state index in [0.29, 0.717) is 18.4 Å². The van der Waals surface area contributed by atoms with Crippen LogP contribution in [0.5, 0.6) is 0 Å². The summed E-state index contributed by atoms with van der Waals surface area (Å²) in [7, 11) is 0. The fourth-order valence-corrected chi connectivity index (χ4v) is 1.24. The first kappa shape index (κ1) is 10.9. The van der Waals surface area contributed by atoms with Crippen molar-refractivity contribution in [3.63, 3.8) is 0 Å². The van der Waals surface area contributed by atoms with Crippen LogP contribution in [-0.2, 0) is 0 Å². The number of benzene rings is 1. The number of unbranched alkanes of at least 4 members (excludes halogenated alkanes) is 1. The van der Waals surface area contributed by atoms with Crippen LogP contribution >= 0.6 is 0 Å². The van der Waals surface area contributed by atoms with E-state index < -0.39 is 12.0 Å². The number of carbonyl (C=O) groups is 1. The van der Waals surface area contributed by atoms with Gasteiger partial charge >= 0.3 is 0 Å². The predicted molar refractivity (Wildman–Crippen MR) is 54.9 cm³/mol. The molecule has 75 valence electrons. The van der Waals surface area contributed by atoms with E-state index in [0.717, 1.165) is 0 Å². The van der Waals surface area contributed by atoms with Crippen LogP contribution in [-0.4, -0.2) is 12.0 Å². The van der Waals surface area contributed by atoms with Gasteiger partial charge in [-0.3, -0.25) is 4.79 Å². The highest BCUT2D eigenvalue weighted by Crippen LogP contribution is 2.11. The van der Waals surface area contributed by atoms with Crippen LogP contribution in [0.25, 0.3) is 0 Å². The van der Waals surface area contributed by atoms with Crippen LogP contribution in [0.2, 0.25) is 0 Å². The zero-order chi connectivity index (χ0) is 10.4. The molecule has 0 aliphatic carbocycles. The Morgan fingerprint density at radius 3 is 2.57 bits per heavy atom. The molecule has 2 heteroatoms. The lowest BCUT2D eigenvalue weighted by Crippen LogP contribution is -2.15. The molecule has 0 fully saturated rings. The second kappa shape index (κ2) is 5.53. The van der Waals surface area contributed by atoms with E-state index in [-0.39, 0.29) is 6.42 Å². The summed E-state index contributed by atoms with van der Waals surface area (Å²) in [6, 6.07) is 8.56. The normalized spacial score (nSPS) is 12.4. The van der Waals surface area contributed by atoms with Gasteiger partial charge in [0.25, 0.3) is 0 Å². The molecular formula is C12H14FO. The number of alkyl halides is 1. The summed E-state index contributed by atoms with van der Waals surface area (Å²) < 4.78 is 13.3. The molecule has 0 heterocycles. The van der Waals surface area contributed by atoms with Gasteiger partial charge in [0.1, 0.15) is 0 Å². The van der Waals surface area contributed by atoms with Gasteiger partial charge in [-0.15, -0.1) is 0 Å². The Hall–Kier alpha value is -1.18. The van der Waals surface area contributed by atoms with Gasteiger partial charge < -0.3 is 0 Å². The molecule has 0 amide bonds. The molecule has 1 rings (SSSR count). The molecule has 0 aliphatic heterocycles. The summed E-state index contributed by atoms with van der Waals surface area (Å²) in [5.41, 5.74) is 0.448. The van der Waals surface area contributed by atoms with Crippen molar-refractivity contribution in [3.8, 4) is 0 Å². The average molecular weight is 193 g/mol. The first-order chi connectivity index (χ1) is 6.75. The molecule has 1 unspecified atom stereocenters. The molecule has 0 saturated heterocycles. The Morgan fingerprint density at radius 2 is 2.00 bits per heavy atom. The zero-order valence-corrected chi connectivity index (χ0v) is 8.08. The van der Waals surface area contributed by atoms with E-state index in [1.807, 2.05) is 0 Å². The Kier molecular flexibility index (Phi) is 4.30. The summed E-state index contributed by atoms with van der Waals surface area (Å²) in [5, 5.41) is 0. The first-order valence-corrected chi connectivity index (χ1v) is 4.78. The molecule has 0 bridgehead atoms. The number of ketones is 1. The smallest absolute Gasteiger partial charge is 0.196 e. The van der Waals surface area contributed by atoms with E-state index in [4.69, 9.17) is 0 Å². The number of Topliss-reactive ketones (excluding diaryl/α,β-unsaturated/α-hetero) is 1. The van der Waals surface area contributed by atoms with Gasteiger partial charge in [-0.1, -0.05) is 50.1 Å². The van der Waals surface area contributed by atoms with Crippen molar-refractivity contribution in [2.75, 3.05) is 0 Å². The highest BCUT2D eigenvalue weighted by Gasteiger charge is 2.17. The molecule has 1 aromatic rings. The van der Waals surface area contributed by atoms with E-state index in [9.17, 15) is 9.18 Å². The number of hydrogen-bond acceptors (Lipinski definition) is 1. The number of rotatable bonds is 5. The lowest BCUT2D eigenvalue weighted by molar-refractivity contribution is 0.0867. The fraction of sp³-hybridized carbons (Fsp3) is 0.333. The van der Waals surface area contributed by atoms with Crippen LogP contribution in [0, 0.1) is 6.92 Å². The molecule has 0 spiro atoms. The maximum atomic E-state index is 13.3. The van der Waals surface area contributed by atoms with E-state index >= 15 is 0 Å². The maximum absolute atomic E-state index is 13.3. The van der Waals surface area contributed by atoms with Crippen molar-refractivity contribution in [2.45, 2.75) is 25.4 Å². The monoisotopic (exact) mass is 193 g/mol. The van der Waals surface area contributed by atoms with Crippen molar-refractivity contribution in [2.24, 2.45) is 0 Å². The zero-order valence-electron chi connectivity index (χ0n) is 8.08.